The molecule has 0 aromatic heterocycles. The first-order chi connectivity index (χ1) is 11.6. The molecule has 24 heavy (non-hydrogen) atoms. The Hall–Kier alpha value is -1.13. The zero-order chi connectivity index (χ0) is 17.6. The van der Waals surface area contributed by atoms with Gasteiger partial charge in [0.1, 0.15) is 0 Å². The molecule has 4 heteroatoms. The van der Waals surface area contributed by atoms with Gasteiger partial charge in [-0.05, 0) is 50.9 Å². The van der Waals surface area contributed by atoms with Crippen LogP contribution in [0.25, 0.3) is 0 Å². The molecular weight excluding hydrogens is 304 g/mol. The molecule has 0 bridgehead atoms. The maximum Gasteiger partial charge on any atom is 0.332 e. The van der Waals surface area contributed by atoms with Gasteiger partial charge in [-0.2, -0.15) is 0 Å². The van der Waals surface area contributed by atoms with Gasteiger partial charge in [-0.1, -0.05) is 50.5 Å². The first kappa shape index (κ1) is 20.9. The average molecular weight is 338 g/mol. The number of carboxylic acids is 1. The molecule has 0 radical (unpaired) electrons. The summed E-state index contributed by atoms with van der Waals surface area (Å²) in [7, 11) is 0. The molecular formula is C20H34O4. The number of aliphatic carboxylic acids is 1. The summed E-state index contributed by atoms with van der Waals surface area (Å²) in [5.41, 5.74) is 0. The molecule has 0 aliphatic carbocycles. The van der Waals surface area contributed by atoms with Crippen molar-refractivity contribution in [2.24, 2.45) is 5.92 Å². The Morgan fingerprint density at radius 2 is 2.04 bits per heavy atom. The monoisotopic (exact) mass is 338 g/mol. The SMILES string of the molecule is CCCCCCC=C[C@H]1OCCC[C@@H]1CC=CCCC(O)C(=O)O. The highest BCUT2D eigenvalue weighted by Gasteiger charge is 2.22. The molecule has 1 aliphatic rings. The zero-order valence-electron chi connectivity index (χ0n) is 15.0. The van der Waals surface area contributed by atoms with Crippen molar-refractivity contribution in [3.63, 3.8) is 0 Å². The Morgan fingerprint density at radius 3 is 2.79 bits per heavy atom. The number of ether oxygens (including phenoxy) is 1. The minimum atomic E-state index is -1.25. The third-order valence-corrected chi connectivity index (χ3v) is 4.54. The maximum atomic E-state index is 10.5. The predicted octanol–water partition coefficient (Wildman–Crippen LogP) is 4.48. The Kier molecular flexibility index (Phi) is 11.5. The number of unbranched alkanes of at least 4 members (excludes halogenated alkanes) is 4. The molecule has 1 rings (SSSR count). The Morgan fingerprint density at radius 1 is 1.21 bits per heavy atom. The standard InChI is InChI=1S/C20H34O4/c1-2-3-4-5-6-10-15-19-17(13-11-16-24-19)12-8-7-9-14-18(21)20(22)23/h7-8,10,15,17-19,21H,2-6,9,11-14,16H2,1H3,(H,22,23)/t17-,18?,19+/m0/s1. The lowest BCUT2D eigenvalue weighted by Gasteiger charge is -2.29. The number of hydrogen-bond donors (Lipinski definition) is 2. The number of allylic oxidation sites excluding steroid dienone is 3. The molecule has 0 aromatic rings. The predicted molar refractivity (Wildman–Crippen MR) is 97.0 cm³/mol. The highest BCUT2D eigenvalue weighted by Crippen LogP contribution is 2.25. The Labute approximate surface area is 146 Å². The van der Waals surface area contributed by atoms with Gasteiger partial charge in [-0.3, -0.25) is 0 Å². The maximum absolute atomic E-state index is 10.5. The van der Waals surface area contributed by atoms with Crippen LogP contribution in [-0.4, -0.2) is 35.0 Å². The summed E-state index contributed by atoms with van der Waals surface area (Å²) < 4.78 is 5.91. The van der Waals surface area contributed by atoms with Gasteiger partial charge in [0.05, 0.1) is 6.10 Å². The second-order valence-electron chi connectivity index (χ2n) is 6.65. The molecule has 138 valence electrons. The molecule has 0 aromatic carbocycles. The fourth-order valence-electron chi connectivity index (χ4n) is 3.02. The summed E-state index contributed by atoms with van der Waals surface area (Å²) in [6, 6.07) is 0. The van der Waals surface area contributed by atoms with Crippen LogP contribution >= 0.6 is 0 Å². The lowest BCUT2D eigenvalue weighted by atomic mass is 9.90. The van der Waals surface area contributed by atoms with Crippen LogP contribution in [0.3, 0.4) is 0 Å². The van der Waals surface area contributed by atoms with Crippen molar-refractivity contribution in [2.45, 2.75) is 83.3 Å². The van der Waals surface area contributed by atoms with E-state index in [0.29, 0.717) is 12.3 Å². The molecule has 0 amide bonds. The first-order valence-electron chi connectivity index (χ1n) is 9.49. The van der Waals surface area contributed by atoms with E-state index >= 15 is 0 Å². The van der Waals surface area contributed by atoms with Crippen LogP contribution in [0.2, 0.25) is 0 Å². The smallest absolute Gasteiger partial charge is 0.332 e. The molecule has 3 atom stereocenters. The van der Waals surface area contributed by atoms with Crippen LogP contribution in [0.1, 0.15) is 71.1 Å². The average Bonchev–Trinajstić information content (AvgIpc) is 2.58. The molecule has 4 nitrogen and oxygen atoms in total. The summed E-state index contributed by atoms with van der Waals surface area (Å²) in [6.45, 7) is 3.07. The van der Waals surface area contributed by atoms with E-state index in [2.05, 4.69) is 25.2 Å². The summed E-state index contributed by atoms with van der Waals surface area (Å²) in [6.07, 6.45) is 17.9. The minimum Gasteiger partial charge on any atom is -0.479 e. The first-order valence-corrected chi connectivity index (χ1v) is 9.49. The Balaban J connectivity index is 2.27. The van der Waals surface area contributed by atoms with E-state index in [1.165, 1.54) is 32.1 Å². The molecule has 1 fully saturated rings. The van der Waals surface area contributed by atoms with Crippen molar-refractivity contribution in [3.05, 3.63) is 24.3 Å². The van der Waals surface area contributed by atoms with Crippen molar-refractivity contribution < 1.29 is 19.7 Å². The van der Waals surface area contributed by atoms with Gasteiger partial charge in [0.15, 0.2) is 6.10 Å². The normalized spacial score (nSPS) is 23.1. The van der Waals surface area contributed by atoms with Crippen LogP contribution in [0, 0.1) is 5.92 Å². The number of aliphatic hydroxyl groups excluding tert-OH is 1. The van der Waals surface area contributed by atoms with Crippen molar-refractivity contribution in [1.29, 1.82) is 0 Å². The van der Waals surface area contributed by atoms with Gasteiger partial charge >= 0.3 is 5.97 Å². The highest BCUT2D eigenvalue weighted by atomic mass is 16.5. The second kappa shape index (κ2) is 13.2. The number of carbonyl (C=O) groups is 1. The fraction of sp³-hybridized carbons (Fsp3) is 0.750. The van der Waals surface area contributed by atoms with E-state index < -0.39 is 12.1 Å². The largest absolute Gasteiger partial charge is 0.479 e. The second-order valence-corrected chi connectivity index (χ2v) is 6.65. The summed E-state index contributed by atoms with van der Waals surface area (Å²) in [5.74, 6) is -0.639. The van der Waals surface area contributed by atoms with Gasteiger partial charge in [0.2, 0.25) is 0 Å². The lowest BCUT2D eigenvalue weighted by molar-refractivity contribution is -0.146. The molecule has 1 saturated heterocycles. The molecule has 2 N–H and O–H groups in total. The van der Waals surface area contributed by atoms with Crippen molar-refractivity contribution >= 4 is 5.97 Å². The summed E-state index contributed by atoms with van der Waals surface area (Å²) in [5, 5.41) is 17.9. The van der Waals surface area contributed by atoms with Crippen molar-refractivity contribution in [3.8, 4) is 0 Å². The van der Waals surface area contributed by atoms with E-state index in [1.807, 2.05) is 6.08 Å². The van der Waals surface area contributed by atoms with Crippen LogP contribution in [0.4, 0.5) is 0 Å². The summed E-state index contributed by atoms with van der Waals surface area (Å²) >= 11 is 0. The van der Waals surface area contributed by atoms with Gasteiger partial charge in [-0.25, -0.2) is 4.79 Å². The van der Waals surface area contributed by atoms with Crippen molar-refractivity contribution in [2.75, 3.05) is 6.61 Å². The zero-order valence-corrected chi connectivity index (χ0v) is 15.0. The quantitative estimate of drug-likeness (QED) is 0.407. The van der Waals surface area contributed by atoms with Gasteiger partial charge in [-0.15, -0.1) is 0 Å². The van der Waals surface area contributed by atoms with E-state index in [0.717, 1.165) is 25.9 Å². The Bertz CT molecular complexity index is 389. The molecule has 0 spiro atoms. The molecule has 1 heterocycles. The third-order valence-electron chi connectivity index (χ3n) is 4.54. The third kappa shape index (κ3) is 9.24. The van der Waals surface area contributed by atoms with Crippen LogP contribution in [0.5, 0.6) is 0 Å². The lowest BCUT2D eigenvalue weighted by Crippen LogP contribution is -2.27. The van der Waals surface area contributed by atoms with Gasteiger partial charge in [0.25, 0.3) is 0 Å². The van der Waals surface area contributed by atoms with Crippen LogP contribution < -0.4 is 0 Å². The molecule has 0 saturated carbocycles. The topological polar surface area (TPSA) is 66.8 Å². The van der Waals surface area contributed by atoms with Gasteiger partial charge < -0.3 is 14.9 Å². The summed E-state index contributed by atoms with van der Waals surface area (Å²) in [4.78, 5) is 10.5. The number of carboxylic acid groups (broad SMARTS) is 1. The van der Waals surface area contributed by atoms with Crippen LogP contribution in [-0.2, 0) is 9.53 Å². The number of aliphatic hydroxyl groups is 1. The number of rotatable bonds is 12. The molecule has 1 aliphatic heterocycles. The van der Waals surface area contributed by atoms with E-state index in [-0.39, 0.29) is 12.5 Å². The van der Waals surface area contributed by atoms with E-state index in [1.54, 1.807) is 0 Å². The van der Waals surface area contributed by atoms with Crippen LogP contribution in [0.15, 0.2) is 24.3 Å². The minimum absolute atomic E-state index is 0.208. The highest BCUT2D eigenvalue weighted by molar-refractivity contribution is 5.71. The number of hydrogen-bond acceptors (Lipinski definition) is 3. The van der Waals surface area contributed by atoms with Gasteiger partial charge in [0, 0.05) is 6.61 Å². The fourth-order valence-corrected chi connectivity index (χ4v) is 3.02. The molecule has 1 unspecified atom stereocenters. The van der Waals surface area contributed by atoms with E-state index in [4.69, 9.17) is 9.84 Å². The van der Waals surface area contributed by atoms with E-state index in [9.17, 15) is 9.90 Å². The van der Waals surface area contributed by atoms with Crippen molar-refractivity contribution in [1.82, 2.24) is 0 Å².